The smallest absolute Gasteiger partial charge is 0.315 e. The first-order valence-corrected chi connectivity index (χ1v) is 5.79. The van der Waals surface area contributed by atoms with Crippen molar-refractivity contribution in [1.29, 1.82) is 0 Å². The highest BCUT2D eigenvalue weighted by molar-refractivity contribution is 5.83. The van der Waals surface area contributed by atoms with Crippen LogP contribution in [0.25, 0.3) is 0 Å². The van der Waals surface area contributed by atoms with Gasteiger partial charge in [0.15, 0.2) is 0 Å². The Morgan fingerprint density at radius 1 is 1.28 bits per heavy atom. The first-order valence-electron chi connectivity index (χ1n) is 5.79. The molecule has 0 aromatic heterocycles. The van der Waals surface area contributed by atoms with Crippen LogP contribution in [0.3, 0.4) is 0 Å². The van der Waals surface area contributed by atoms with Gasteiger partial charge in [0.25, 0.3) is 0 Å². The van der Waals surface area contributed by atoms with Gasteiger partial charge in [-0.25, -0.2) is 4.79 Å². The molecular weight excluding hydrogens is 238 g/mol. The molecule has 7 nitrogen and oxygen atoms in total. The van der Waals surface area contributed by atoms with Crippen molar-refractivity contribution in [3.8, 4) is 0 Å². The fraction of sp³-hybridized carbons (Fsp3) is 0.727. The minimum Gasteiger partial charge on any atom is -0.481 e. The average Bonchev–Trinajstić information content (AvgIpc) is 2.24. The highest BCUT2D eigenvalue weighted by atomic mass is 16.4. The molecule has 0 aliphatic heterocycles. The summed E-state index contributed by atoms with van der Waals surface area (Å²) < 4.78 is 0. The van der Waals surface area contributed by atoms with Crippen molar-refractivity contribution in [2.24, 2.45) is 0 Å². The van der Waals surface area contributed by atoms with Gasteiger partial charge in [-0.05, 0) is 19.8 Å². The Morgan fingerprint density at radius 3 is 2.39 bits per heavy atom. The van der Waals surface area contributed by atoms with E-state index in [-0.39, 0.29) is 24.9 Å². The maximum Gasteiger partial charge on any atom is 0.315 e. The molecule has 7 heteroatoms. The second-order valence-corrected chi connectivity index (χ2v) is 4.30. The zero-order valence-electron chi connectivity index (χ0n) is 11.0. The van der Waals surface area contributed by atoms with Gasteiger partial charge < -0.3 is 20.6 Å². The van der Waals surface area contributed by atoms with Gasteiger partial charge in [-0.3, -0.25) is 9.59 Å². The molecule has 104 valence electrons. The van der Waals surface area contributed by atoms with Crippen LogP contribution in [0, 0.1) is 0 Å². The van der Waals surface area contributed by atoms with Crippen molar-refractivity contribution in [3.05, 3.63) is 0 Å². The molecule has 18 heavy (non-hydrogen) atoms. The standard InChI is InChI=1S/C11H21N3O4/c1-8(5-4-6-10(16)17)13-11(18)12-7-9(15)14(2)3/h8H,4-7H2,1-3H3,(H,16,17)(H2,12,13,18). The van der Waals surface area contributed by atoms with E-state index >= 15 is 0 Å². The van der Waals surface area contributed by atoms with Crippen LogP contribution in [0.5, 0.6) is 0 Å². The Labute approximate surface area is 107 Å². The topological polar surface area (TPSA) is 98.7 Å². The van der Waals surface area contributed by atoms with Gasteiger partial charge in [-0.1, -0.05) is 0 Å². The summed E-state index contributed by atoms with van der Waals surface area (Å²) in [4.78, 5) is 34.3. The Balaban J connectivity index is 3.73. The molecule has 0 aliphatic carbocycles. The normalized spacial score (nSPS) is 11.5. The molecule has 0 saturated carbocycles. The second-order valence-electron chi connectivity index (χ2n) is 4.30. The summed E-state index contributed by atoms with van der Waals surface area (Å²) in [7, 11) is 3.22. The van der Waals surface area contributed by atoms with Gasteiger partial charge in [0.1, 0.15) is 0 Å². The third-order valence-corrected chi connectivity index (χ3v) is 2.30. The number of nitrogens with zero attached hydrogens (tertiary/aromatic N) is 1. The highest BCUT2D eigenvalue weighted by Gasteiger charge is 2.10. The van der Waals surface area contributed by atoms with Crippen molar-refractivity contribution < 1.29 is 19.5 Å². The van der Waals surface area contributed by atoms with Gasteiger partial charge >= 0.3 is 12.0 Å². The number of carbonyl (C=O) groups excluding carboxylic acids is 2. The number of aliphatic carboxylic acids is 1. The fourth-order valence-electron chi connectivity index (χ4n) is 1.22. The van der Waals surface area contributed by atoms with Gasteiger partial charge in [0, 0.05) is 26.6 Å². The van der Waals surface area contributed by atoms with E-state index in [0.29, 0.717) is 12.8 Å². The molecule has 1 unspecified atom stereocenters. The van der Waals surface area contributed by atoms with Crippen LogP contribution in [0.4, 0.5) is 4.79 Å². The van der Waals surface area contributed by atoms with E-state index in [4.69, 9.17) is 5.11 Å². The number of amides is 3. The van der Waals surface area contributed by atoms with Crippen LogP contribution in [0.1, 0.15) is 26.2 Å². The molecular formula is C11H21N3O4. The lowest BCUT2D eigenvalue weighted by Gasteiger charge is -2.15. The van der Waals surface area contributed by atoms with E-state index in [1.54, 1.807) is 21.0 Å². The third kappa shape index (κ3) is 8.37. The summed E-state index contributed by atoms with van der Waals surface area (Å²) in [5.74, 6) is -1.04. The fourth-order valence-corrected chi connectivity index (χ4v) is 1.22. The number of likely N-dealkylation sites (N-methyl/N-ethyl adjacent to an activating group) is 1. The summed E-state index contributed by atoms with van der Waals surface area (Å²) in [6.07, 6.45) is 1.18. The van der Waals surface area contributed by atoms with Crippen molar-refractivity contribution in [2.75, 3.05) is 20.6 Å². The zero-order chi connectivity index (χ0) is 14.1. The van der Waals surface area contributed by atoms with Crippen molar-refractivity contribution in [2.45, 2.75) is 32.2 Å². The second kappa shape index (κ2) is 8.32. The molecule has 1 atom stereocenters. The molecule has 0 bridgehead atoms. The summed E-state index contributed by atoms with van der Waals surface area (Å²) in [5, 5.41) is 13.5. The SMILES string of the molecule is CC(CCCC(=O)O)NC(=O)NCC(=O)N(C)C. The first kappa shape index (κ1) is 16.2. The van der Waals surface area contributed by atoms with Crippen LogP contribution >= 0.6 is 0 Å². The van der Waals surface area contributed by atoms with Gasteiger partial charge in [-0.15, -0.1) is 0 Å². The summed E-state index contributed by atoms with van der Waals surface area (Å²) in [5.41, 5.74) is 0. The van der Waals surface area contributed by atoms with E-state index in [2.05, 4.69) is 10.6 Å². The summed E-state index contributed by atoms with van der Waals surface area (Å²) >= 11 is 0. The number of carboxylic acid groups (broad SMARTS) is 1. The molecule has 3 amide bonds. The molecule has 0 saturated heterocycles. The van der Waals surface area contributed by atoms with Crippen LogP contribution in [-0.2, 0) is 9.59 Å². The van der Waals surface area contributed by atoms with Crippen molar-refractivity contribution >= 4 is 17.9 Å². The van der Waals surface area contributed by atoms with Gasteiger partial charge in [0.05, 0.1) is 6.54 Å². The summed E-state index contributed by atoms with van der Waals surface area (Å²) in [6, 6.07) is -0.549. The number of rotatable bonds is 7. The zero-order valence-corrected chi connectivity index (χ0v) is 11.0. The molecule has 0 radical (unpaired) electrons. The molecule has 0 rings (SSSR count). The lowest BCUT2D eigenvalue weighted by molar-refractivity contribution is -0.137. The van der Waals surface area contributed by atoms with Crippen LogP contribution in [0.2, 0.25) is 0 Å². The number of hydrogen-bond donors (Lipinski definition) is 3. The Morgan fingerprint density at radius 2 is 1.89 bits per heavy atom. The minimum atomic E-state index is -0.844. The molecule has 0 aromatic carbocycles. The van der Waals surface area contributed by atoms with Gasteiger partial charge in [0.2, 0.25) is 5.91 Å². The number of hydrogen-bond acceptors (Lipinski definition) is 3. The lowest BCUT2D eigenvalue weighted by atomic mass is 10.1. The molecule has 0 aliphatic rings. The Kier molecular flexibility index (Phi) is 7.50. The van der Waals surface area contributed by atoms with Crippen LogP contribution < -0.4 is 10.6 Å². The van der Waals surface area contributed by atoms with E-state index in [1.807, 2.05) is 0 Å². The maximum absolute atomic E-state index is 11.4. The maximum atomic E-state index is 11.4. The number of carboxylic acids is 1. The number of urea groups is 1. The quantitative estimate of drug-likeness (QED) is 0.600. The monoisotopic (exact) mass is 259 g/mol. The number of carbonyl (C=O) groups is 3. The molecule has 0 fully saturated rings. The minimum absolute atomic E-state index is 0.0549. The van der Waals surface area contributed by atoms with Crippen molar-refractivity contribution in [3.63, 3.8) is 0 Å². The van der Waals surface area contributed by atoms with E-state index < -0.39 is 12.0 Å². The first-order chi connectivity index (χ1) is 8.32. The Bertz CT molecular complexity index is 305. The van der Waals surface area contributed by atoms with E-state index in [9.17, 15) is 14.4 Å². The largest absolute Gasteiger partial charge is 0.481 e. The highest BCUT2D eigenvalue weighted by Crippen LogP contribution is 2.00. The lowest BCUT2D eigenvalue weighted by Crippen LogP contribution is -2.44. The predicted molar refractivity (Wildman–Crippen MR) is 66.2 cm³/mol. The van der Waals surface area contributed by atoms with Crippen LogP contribution in [0.15, 0.2) is 0 Å². The molecule has 0 aromatic rings. The molecule has 0 spiro atoms. The Hall–Kier alpha value is -1.79. The number of nitrogens with one attached hydrogen (secondary N) is 2. The average molecular weight is 259 g/mol. The third-order valence-electron chi connectivity index (χ3n) is 2.30. The van der Waals surface area contributed by atoms with Crippen LogP contribution in [-0.4, -0.2) is 54.6 Å². The molecule has 0 heterocycles. The molecule has 3 N–H and O–H groups in total. The van der Waals surface area contributed by atoms with E-state index in [1.165, 1.54) is 4.90 Å². The van der Waals surface area contributed by atoms with Gasteiger partial charge in [-0.2, -0.15) is 0 Å². The van der Waals surface area contributed by atoms with Crippen molar-refractivity contribution in [1.82, 2.24) is 15.5 Å². The summed E-state index contributed by atoms with van der Waals surface area (Å²) in [6.45, 7) is 1.73. The van der Waals surface area contributed by atoms with E-state index in [0.717, 1.165) is 0 Å². The predicted octanol–water partition coefficient (Wildman–Crippen LogP) is 0.0172.